The maximum atomic E-state index is 11.9. The highest BCUT2D eigenvalue weighted by Gasteiger charge is 2.03. The highest BCUT2D eigenvalue weighted by atomic mass is 16.1. The van der Waals surface area contributed by atoms with Crippen LogP contribution in [0.15, 0.2) is 48.5 Å². The molecule has 0 heterocycles. The van der Waals surface area contributed by atoms with E-state index < -0.39 is 0 Å². The van der Waals surface area contributed by atoms with Gasteiger partial charge in [-0.05, 0) is 30.0 Å². The molecule has 0 saturated carbocycles. The van der Waals surface area contributed by atoms with E-state index in [-0.39, 0.29) is 5.91 Å². The summed E-state index contributed by atoms with van der Waals surface area (Å²) in [6, 6.07) is 16.2. The Morgan fingerprint density at radius 2 is 1.76 bits per heavy atom. The third-order valence-corrected chi connectivity index (χ3v) is 3.44. The Bertz CT molecular complexity index is 590. The number of rotatable bonds is 6. The Kier molecular flexibility index (Phi) is 5.52. The van der Waals surface area contributed by atoms with Gasteiger partial charge in [-0.1, -0.05) is 54.1 Å². The molecule has 0 aliphatic carbocycles. The maximum Gasteiger partial charge on any atom is 0.224 e. The van der Waals surface area contributed by atoms with Crippen LogP contribution in [0.2, 0.25) is 0 Å². The number of aryl methyl sites for hydroxylation is 1. The fraction of sp³-hybridized carbons (Fsp3) is 0.278. The molecular weight excluding hydrogens is 260 g/mol. The van der Waals surface area contributed by atoms with Crippen molar-refractivity contribution in [1.82, 2.24) is 5.32 Å². The highest BCUT2D eigenvalue weighted by Crippen LogP contribution is 2.05. The average Bonchev–Trinajstić information content (AvgIpc) is 2.48. The second-order valence-electron chi connectivity index (χ2n) is 5.29. The number of benzene rings is 2. The van der Waals surface area contributed by atoms with Gasteiger partial charge < -0.3 is 11.1 Å². The van der Waals surface area contributed by atoms with Gasteiger partial charge >= 0.3 is 0 Å². The lowest BCUT2D eigenvalue weighted by molar-refractivity contribution is -0.120. The largest absolute Gasteiger partial charge is 0.355 e. The molecule has 3 heteroatoms. The smallest absolute Gasteiger partial charge is 0.224 e. The number of nitrogens with two attached hydrogens (primary N) is 1. The van der Waals surface area contributed by atoms with Gasteiger partial charge in [0.05, 0.1) is 6.42 Å². The predicted octanol–water partition coefficient (Wildman–Crippen LogP) is 2.36. The van der Waals surface area contributed by atoms with Gasteiger partial charge in [-0.15, -0.1) is 0 Å². The summed E-state index contributed by atoms with van der Waals surface area (Å²) < 4.78 is 0. The van der Waals surface area contributed by atoms with Crippen LogP contribution in [0.5, 0.6) is 0 Å². The first-order chi connectivity index (χ1) is 10.2. The van der Waals surface area contributed by atoms with E-state index in [1.807, 2.05) is 30.3 Å². The van der Waals surface area contributed by atoms with Gasteiger partial charge in [-0.25, -0.2) is 0 Å². The summed E-state index contributed by atoms with van der Waals surface area (Å²) >= 11 is 0. The number of hydrogen-bond donors (Lipinski definition) is 2. The van der Waals surface area contributed by atoms with Crippen LogP contribution in [0.4, 0.5) is 0 Å². The summed E-state index contributed by atoms with van der Waals surface area (Å²) in [6.45, 7) is 3.28. The van der Waals surface area contributed by atoms with Gasteiger partial charge in [-0.2, -0.15) is 0 Å². The zero-order valence-electron chi connectivity index (χ0n) is 12.4. The van der Waals surface area contributed by atoms with Gasteiger partial charge in [0.25, 0.3) is 0 Å². The lowest BCUT2D eigenvalue weighted by Gasteiger charge is -2.07. The number of carbonyl (C=O) groups excluding carboxylic acids is 1. The van der Waals surface area contributed by atoms with Crippen molar-refractivity contribution in [1.29, 1.82) is 0 Å². The molecule has 2 rings (SSSR count). The molecule has 3 nitrogen and oxygen atoms in total. The molecular formula is C18H22N2O. The SMILES string of the molecule is Cc1cccc(CCNC(=O)Cc2ccc(CN)cc2)c1. The molecule has 0 radical (unpaired) electrons. The molecule has 0 unspecified atom stereocenters. The second-order valence-corrected chi connectivity index (χ2v) is 5.29. The van der Waals surface area contributed by atoms with Crippen LogP contribution in [0.1, 0.15) is 22.3 Å². The van der Waals surface area contributed by atoms with Crippen LogP contribution in [-0.4, -0.2) is 12.5 Å². The zero-order chi connectivity index (χ0) is 15.1. The van der Waals surface area contributed by atoms with Crippen molar-refractivity contribution in [2.24, 2.45) is 5.73 Å². The molecule has 2 aromatic rings. The molecule has 0 aliphatic rings. The molecule has 0 spiro atoms. The zero-order valence-corrected chi connectivity index (χ0v) is 12.4. The van der Waals surface area contributed by atoms with Crippen LogP contribution in [0, 0.1) is 6.92 Å². The van der Waals surface area contributed by atoms with Gasteiger partial charge in [0.1, 0.15) is 0 Å². The third-order valence-electron chi connectivity index (χ3n) is 3.44. The Hall–Kier alpha value is -2.13. The van der Waals surface area contributed by atoms with E-state index >= 15 is 0 Å². The predicted molar refractivity (Wildman–Crippen MR) is 85.9 cm³/mol. The third kappa shape index (κ3) is 5.04. The molecule has 0 aliphatic heterocycles. The topological polar surface area (TPSA) is 55.1 Å². The summed E-state index contributed by atoms with van der Waals surface area (Å²) in [5.74, 6) is 0.0585. The molecule has 0 aromatic heterocycles. The minimum Gasteiger partial charge on any atom is -0.355 e. The van der Waals surface area contributed by atoms with Crippen LogP contribution in [-0.2, 0) is 24.2 Å². The van der Waals surface area contributed by atoms with E-state index in [1.165, 1.54) is 11.1 Å². The van der Waals surface area contributed by atoms with Crippen molar-refractivity contribution >= 4 is 5.91 Å². The summed E-state index contributed by atoms with van der Waals surface area (Å²) in [7, 11) is 0. The van der Waals surface area contributed by atoms with Crippen LogP contribution >= 0.6 is 0 Å². The Labute approximate surface area is 126 Å². The van der Waals surface area contributed by atoms with Crippen LogP contribution in [0.25, 0.3) is 0 Å². The van der Waals surface area contributed by atoms with Gasteiger partial charge in [-0.3, -0.25) is 4.79 Å². The Balaban J connectivity index is 1.76. The van der Waals surface area contributed by atoms with Gasteiger partial charge in [0.15, 0.2) is 0 Å². The fourth-order valence-corrected chi connectivity index (χ4v) is 2.26. The van der Waals surface area contributed by atoms with Crippen molar-refractivity contribution in [3.05, 3.63) is 70.8 Å². The van der Waals surface area contributed by atoms with Gasteiger partial charge in [0, 0.05) is 13.1 Å². The van der Waals surface area contributed by atoms with E-state index in [0.717, 1.165) is 17.5 Å². The Morgan fingerprint density at radius 1 is 1.05 bits per heavy atom. The second kappa shape index (κ2) is 7.60. The summed E-state index contributed by atoms with van der Waals surface area (Å²) in [5, 5.41) is 2.96. The van der Waals surface area contributed by atoms with E-state index in [0.29, 0.717) is 19.5 Å². The first-order valence-corrected chi connectivity index (χ1v) is 7.27. The summed E-state index contributed by atoms with van der Waals surface area (Å²) in [5.41, 5.74) is 10.2. The highest BCUT2D eigenvalue weighted by molar-refractivity contribution is 5.78. The minimum absolute atomic E-state index is 0.0585. The quantitative estimate of drug-likeness (QED) is 0.854. The molecule has 110 valence electrons. The normalized spacial score (nSPS) is 10.4. The van der Waals surface area contributed by atoms with E-state index in [9.17, 15) is 4.79 Å². The molecule has 3 N–H and O–H groups in total. The molecule has 21 heavy (non-hydrogen) atoms. The Morgan fingerprint density at radius 3 is 2.43 bits per heavy atom. The van der Waals surface area contributed by atoms with Crippen molar-refractivity contribution < 1.29 is 4.79 Å². The summed E-state index contributed by atoms with van der Waals surface area (Å²) in [6.07, 6.45) is 1.28. The van der Waals surface area contributed by atoms with E-state index in [1.54, 1.807) is 0 Å². The lowest BCUT2D eigenvalue weighted by atomic mass is 10.1. The van der Waals surface area contributed by atoms with Crippen molar-refractivity contribution in [3.63, 3.8) is 0 Å². The maximum absolute atomic E-state index is 11.9. The number of amides is 1. The standard InChI is InChI=1S/C18H22N2O/c1-14-3-2-4-15(11-14)9-10-20-18(21)12-16-5-7-17(13-19)8-6-16/h2-8,11H,9-10,12-13,19H2,1H3,(H,20,21). The van der Waals surface area contributed by atoms with E-state index in [2.05, 4.69) is 30.4 Å². The van der Waals surface area contributed by atoms with Crippen molar-refractivity contribution in [2.45, 2.75) is 26.3 Å². The molecule has 0 atom stereocenters. The monoisotopic (exact) mass is 282 g/mol. The first kappa shape index (κ1) is 15.3. The minimum atomic E-state index is 0.0585. The number of carbonyl (C=O) groups is 1. The van der Waals surface area contributed by atoms with Crippen molar-refractivity contribution in [2.75, 3.05) is 6.54 Å². The van der Waals surface area contributed by atoms with Gasteiger partial charge in [0.2, 0.25) is 5.91 Å². The average molecular weight is 282 g/mol. The fourth-order valence-electron chi connectivity index (χ4n) is 2.26. The number of nitrogens with one attached hydrogen (secondary N) is 1. The number of hydrogen-bond acceptors (Lipinski definition) is 2. The molecule has 0 bridgehead atoms. The summed E-state index contributed by atoms with van der Waals surface area (Å²) in [4.78, 5) is 11.9. The molecule has 0 saturated heterocycles. The molecule has 1 amide bonds. The molecule has 0 fully saturated rings. The first-order valence-electron chi connectivity index (χ1n) is 7.27. The van der Waals surface area contributed by atoms with Crippen LogP contribution < -0.4 is 11.1 Å². The lowest BCUT2D eigenvalue weighted by Crippen LogP contribution is -2.27. The van der Waals surface area contributed by atoms with Crippen LogP contribution in [0.3, 0.4) is 0 Å². The van der Waals surface area contributed by atoms with Crippen molar-refractivity contribution in [3.8, 4) is 0 Å². The van der Waals surface area contributed by atoms with E-state index in [4.69, 9.17) is 5.73 Å². The molecule has 2 aromatic carbocycles.